The SMILES string of the molecule is Cc1ccc(S(=O)[C@@H]2O[C@@H]3COC(c4ccccc4)O[C@H]3[C@H](O)[C@H]2O)cc1. The average Bonchev–Trinajstić information content (AvgIpc) is 2.71. The van der Waals surface area contributed by atoms with Crippen LogP contribution in [0.25, 0.3) is 0 Å². The molecule has 2 saturated heterocycles. The number of aryl methyl sites for hydroxylation is 1. The topological polar surface area (TPSA) is 85.2 Å². The van der Waals surface area contributed by atoms with Gasteiger partial charge in [0.1, 0.15) is 24.4 Å². The van der Waals surface area contributed by atoms with Gasteiger partial charge in [-0.25, -0.2) is 0 Å². The predicted molar refractivity (Wildman–Crippen MR) is 98.3 cm³/mol. The van der Waals surface area contributed by atoms with E-state index < -0.39 is 46.9 Å². The molecule has 2 unspecified atom stereocenters. The van der Waals surface area contributed by atoms with Gasteiger partial charge in [0.25, 0.3) is 0 Å². The van der Waals surface area contributed by atoms with Crippen LogP contribution in [0.3, 0.4) is 0 Å². The highest BCUT2D eigenvalue weighted by molar-refractivity contribution is 7.85. The first-order valence-electron chi connectivity index (χ1n) is 8.85. The van der Waals surface area contributed by atoms with Crippen molar-refractivity contribution < 1.29 is 28.6 Å². The van der Waals surface area contributed by atoms with Gasteiger partial charge in [-0.15, -0.1) is 0 Å². The van der Waals surface area contributed by atoms with Gasteiger partial charge in [-0.2, -0.15) is 0 Å². The van der Waals surface area contributed by atoms with Gasteiger partial charge in [-0.3, -0.25) is 4.21 Å². The molecule has 6 nitrogen and oxygen atoms in total. The van der Waals surface area contributed by atoms with Crippen molar-refractivity contribution in [1.82, 2.24) is 0 Å². The summed E-state index contributed by atoms with van der Waals surface area (Å²) < 4.78 is 30.3. The van der Waals surface area contributed by atoms with E-state index in [2.05, 4.69) is 0 Å². The molecule has 2 fully saturated rings. The van der Waals surface area contributed by atoms with Crippen molar-refractivity contribution >= 4 is 10.8 Å². The van der Waals surface area contributed by atoms with Crippen LogP contribution < -0.4 is 0 Å². The third kappa shape index (κ3) is 3.71. The molecule has 27 heavy (non-hydrogen) atoms. The highest BCUT2D eigenvalue weighted by Crippen LogP contribution is 2.35. The van der Waals surface area contributed by atoms with E-state index in [9.17, 15) is 14.4 Å². The number of aliphatic hydroxyl groups excluding tert-OH is 2. The van der Waals surface area contributed by atoms with E-state index in [0.29, 0.717) is 4.90 Å². The van der Waals surface area contributed by atoms with Crippen molar-refractivity contribution in [2.24, 2.45) is 0 Å². The summed E-state index contributed by atoms with van der Waals surface area (Å²) in [6, 6.07) is 16.5. The molecule has 0 spiro atoms. The molecule has 2 N–H and O–H groups in total. The summed E-state index contributed by atoms with van der Waals surface area (Å²) in [7, 11) is -1.63. The van der Waals surface area contributed by atoms with Crippen LogP contribution in [0.1, 0.15) is 17.4 Å². The number of hydrogen-bond acceptors (Lipinski definition) is 6. The summed E-state index contributed by atoms with van der Waals surface area (Å²) in [4.78, 5) is 0.537. The van der Waals surface area contributed by atoms with Gasteiger partial charge in [-0.1, -0.05) is 48.0 Å². The second kappa shape index (κ2) is 7.79. The maximum Gasteiger partial charge on any atom is 0.184 e. The van der Waals surface area contributed by atoms with Crippen LogP contribution in [0.15, 0.2) is 59.5 Å². The molecular weight excluding hydrogens is 368 g/mol. The summed E-state index contributed by atoms with van der Waals surface area (Å²) in [5.74, 6) is 0. The molecule has 2 aromatic carbocycles. The second-order valence-electron chi connectivity index (χ2n) is 6.81. The van der Waals surface area contributed by atoms with Crippen molar-refractivity contribution in [3.63, 3.8) is 0 Å². The van der Waals surface area contributed by atoms with Gasteiger partial charge in [-0.05, 0) is 19.1 Å². The predicted octanol–water partition coefficient (Wildman–Crippen LogP) is 1.66. The van der Waals surface area contributed by atoms with Crippen LogP contribution in [0.2, 0.25) is 0 Å². The van der Waals surface area contributed by atoms with Crippen LogP contribution in [0.4, 0.5) is 0 Å². The lowest BCUT2D eigenvalue weighted by Crippen LogP contribution is -2.62. The van der Waals surface area contributed by atoms with Crippen LogP contribution in [0, 0.1) is 6.92 Å². The summed E-state index contributed by atoms with van der Waals surface area (Å²) in [5.41, 5.74) is 0.814. The molecule has 0 radical (unpaired) electrons. The number of fused-ring (bicyclic) bond motifs is 1. The molecule has 0 bridgehead atoms. The number of benzene rings is 2. The molecule has 2 aliphatic heterocycles. The van der Waals surface area contributed by atoms with Gasteiger partial charge < -0.3 is 24.4 Å². The van der Waals surface area contributed by atoms with Crippen molar-refractivity contribution in [2.45, 2.75) is 48.0 Å². The quantitative estimate of drug-likeness (QED) is 0.829. The molecule has 7 atom stereocenters. The van der Waals surface area contributed by atoms with Gasteiger partial charge in [0.15, 0.2) is 11.7 Å². The molecule has 2 aromatic rings. The zero-order chi connectivity index (χ0) is 19.0. The molecule has 4 rings (SSSR count). The van der Waals surface area contributed by atoms with Crippen LogP contribution in [0.5, 0.6) is 0 Å². The summed E-state index contributed by atoms with van der Waals surface area (Å²) >= 11 is 0. The minimum atomic E-state index is -1.63. The van der Waals surface area contributed by atoms with E-state index in [0.717, 1.165) is 11.1 Å². The Hall–Kier alpha value is -1.61. The molecule has 2 heterocycles. The van der Waals surface area contributed by atoms with Gasteiger partial charge in [0, 0.05) is 10.5 Å². The number of aliphatic hydroxyl groups is 2. The normalized spacial score (nSPS) is 34.6. The minimum absolute atomic E-state index is 0.176. The first kappa shape index (κ1) is 18.7. The lowest BCUT2D eigenvalue weighted by Gasteiger charge is -2.46. The van der Waals surface area contributed by atoms with E-state index in [1.54, 1.807) is 12.1 Å². The van der Waals surface area contributed by atoms with Crippen LogP contribution in [-0.2, 0) is 25.0 Å². The fraction of sp³-hybridized carbons (Fsp3) is 0.400. The summed E-state index contributed by atoms with van der Waals surface area (Å²) in [6.45, 7) is 2.11. The Morgan fingerprint density at radius 2 is 1.67 bits per heavy atom. The Morgan fingerprint density at radius 1 is 0.963 bits per heavy atom. The zero-order valence-corrected chi connectivity index (χ0v) is 15.6. The molecule has 7 heteroatoms. The smallest absolute Gasteiger partial charge is 0.184 e. The number of ether oxygens (including phenoxy) is 3. The molecule has 0 amide bonds. The third-order valence-corrected chi connectivity index (χ3v) is 6.42. The molecule has 144 valence electrons. The Morgan fingerprint density at radius 3 is 2.37 bits per heavy atom. The molecule has 2 aliphatic rings. The minimum Gasteiger partial charge on any atom is -0.387 e. The molecular formula is C20H22O6S. The third-order valence-electron chi connectivity index (χ3n) is 4.87. The fourth-order valence-electron chi connectivity index (χ4n) is 3.34. The van der Waals surface area contributed by atoms with Gasteiger partial charge >= 0.3 is 0 Å². The van der Waals surface area contributed by atoms with Gasteiger partial charge in [0.2, 0.25) is 0 Å². The first-order chi connectivity index (χ1) is 13.0. The monoisotopic (exact) mass is 390 g/mol. The highest BCUT2D eigenvalue weighted by Gasteiger charge is 2.50. The molecule has 0 aromatic heterocycles. The molecule has 0 aliphatic carbocycles. The van der Waals surface area contributed by atoms with Crippen molar-refractivity contribution in [3.8, 4) is 0 Å². The Labute approximate surface area is 160 Å². The van der Waals surface area contributed by atoms with E-state index in [1.807, 2.05) is 49.4 Å². The largest absolute Gasteiger partial charge is 0.387 e. The second-order valence-corrected chi connectivity index (χ2v) is 8.34. The van der Waals surface area contributed by atoms with E-state index in [-0.39, 0.29) is 6.61 Å². The summed E-state index contributed by atoms with van der Waals surface area (Å²) in [6.07, 6.45) is -4.56. The number of hydrogen-bond donors (Lipinski definition) is 2. The average molecular weight is 390 g/mol. The Bertz CT molecular complexity index is 794. The maximum atomic E-state index is 12.9. The standard InChI is InChI=1S/C20H22O6S/c1-12-7-9-14(10-8-12)27(23)20-17(22)16(21)18-15(25-20)11-24-19(26-18)13-5-3-2-4-6-13/h2-10,15-22H,11H2,1H3/t15-,16-,17-,18-,19?,20+,27?/m1/s1. The first-order valence-corrected chi connectivity index (χ1v) is 10.1. The van der Waals surface area contributed by atoms with Crippen LogP contribution >= 0.6 is 0 Å². The Balaban J connectivity index is 1.50. The fourth-order valence-corrected chi connectivity index (χ4v) is 4.67. The summed E-state index contributed by atoms with van der Waals surface area (Å²) in [5, 5.41) is 21.1. The Kier molecular flexibility index (Phi) is 5.41. The van der Waals surface area contributed by atoms with Gasteiger partial charge in [0.05, 0.1) is 17.4 Å². The maximum absolute atomic E-state index is 12.9. The number of rotatable bonds is 3. The van der Waals surface area contributed by atoms with Crippen molar-refractivity contribution in [3.05, 3.63) is 65.7 Å². The molecule has 0 saturated carbocycles. The lowest BCUT2D eigenvalue weighted by atomic mass is 9.99. The van der Waals surface area contributed by atoms with Crippen molar-refractivity contribution in [2.75, 3.05) is 6.61 Å². The van der Waals surface area contributed by atoms with Crippen LogP contribution in [-0.4, -0.2) is 50.9 Å². The van der Waals surface area contributed by atoms with E-state index >= 15 is 0 Å². The zero-order valence-electron chi connectivity index (χ0n) is 14.8. The van der Waals surface area contributed by atoms with Crippen molar-refractivity contribution in [1.29, 1.82) is 0 Å². The lowest BCUT2D eigenvalue weighted by molar-refractivity contribution is -0.318. The van der Waals surface area contributed by atoms with E-state index in [4.69, 9.17) is 14.2 Å². The van der Waals surface area contributed by atoms with E-state index in [1.165, 1.54) is 0 Å². The highest BCUT2D eigenvalue weighted by atomic mass is 32.2.